The van der Waals surface area contributed by atoms with Crippen LogP contribution in [0.5, 0.6) is 0 Å². The number of aromatic nitrogens is 2. The lowest BCUT2D eigenvalue weighted by molar-refractivity contribution is -0.133. The fraction of sp³-hybridized carbons (Fsp3) is 0.467. The van der Waals surface area contributed by atoms with Crippen molar-refractivity contribution in [3.05, 3.63) is 23.2 Å². The summed E-state index contributed by atoms with van der Waals surface area (Å²) in [6.45, 7) is 4.29. The van der Waals surface area contributed by atoms with Crippen LogP contribution in [-0.2, 0) is 4.79 Å². The largest absolute Gasteiger partial charge is 0.481 e. The zero-order valence-electron chi connectivity index (χ0n) is 12.2. The number of halogens is 1. The molecule has 0 saturated heterocycles. The van der Waals surface area contributed by atoms with Gasteiger partial charge in [-0.1, -0.05) is 49.7 Å². The number of imidazole rings is 1. The first-order chi connectivity index (χ1) is 10.1. The Morgan fingerprint density at radius 2 is 2.24 bits per heavy atom. The van der Waals surface area contributed by atoms with Crippen molar-refractivity contribution in [2.24, 2.45) is 0 Å². The van der Waals surface area contributed by atoms with E-state index in [9.17, 15) is 4.79 Å². The van der Waals surface area contributed by atoms with Crippen LogP contribution < -0.4 is 0 Å². The molecule has 2 rings (SSSR count). The van der Waals surface area contributed by atoms with E-state index in [1.54, 1.807) is 0 Å². The Morgan fingerprint density at radius 1 is 1.48 bits per heavy atom. The molecule has 0 aliphatic heterocycles. The highest BCUT2D eigenvalue weighted by molar-refractivity contribution is 7.99. The van der Waals surface area contributed by atoms with Crippen LogP contribution >= 0.6 is 23.4 Å². The molecule has 1 heterocycles. The molecule has 0 amide bonds. The van der Waals surface area contributed by atoms with E-state index in [0.29, 0.717) is 11.1 Å². The van der Waals surface area contributed by atoms with Crippen LogP contribution in [0.3, 0.4) is 0 Å². The summed E-state index contributed by atoms with van der Waals surface area (Å²) in [5.74, 6) is -0.836. The number of rotatable bonds is 7. The standard InChI is InChI=1S/C15H19ClN2O2S/c1-3-6-10(4-2)18-12-8-5-7-11(16)14(12)17-15(18)21-9-13(19)20/h5,7-8,10H,3-4,6,9H2,1-2H3,(H,19,20). The minimum atomic E-state index is -0.840. The van der Waals surface area contributed by atoms with Gasteiger partial charge >= 0.3 is 5.97 Å². The van der Waals surface area contributed by atoms with Gasteiger partial charge in [0, 0.05) is 6.04 Å². The van der Waals surface area contributed by atoms with E-state index < -0.39 is 5.97 Å². The third kappa shape index (κ3) is 3.52. The van der Waals surface area contributed by atoms with Crippen LogP contribution in [0.1, 0.15) is 39.2 Å². The van der Waals surface area contributed by atoms with Gasteiger partial charge < -0.3 is 9.67 Å². The number of nitrogens with zero attached hydrogens (tertiary/aromatic N) is 2. The summed E-state index contributed by atoms with van der Waals surface area (Å²) >= 11 is 7.48. The quantitative estimate of drug-likeness (QED) is 0.754. The zero-order valence-corrected chi connectivity index (χ0v) is 13.7. The van der Waals surface area contributed by atoms with Crippen LogP contribution in [0.25, 0.3) is 11.0 Å². The van der Waals surface area contributed by atoms with Gasteiger partial charge in [0.05, 0.1) is 16.3 Å². The number of thioether (sulfide) groups is 1. The number of hydrogen-bond donors (Lipinski definition) is 1. The fourth-order valence-corrected chi connectivity index (χ4v) is 3.50. The first-order valence-electron chi connectivity index (χ1n) is 7.09. The Labute approximate surface area is 133 Å². The van der Waals surface area contributed by atoms with Crippen LogP contribution in [0, 0.1) is 0 Å². The van der Waals surface area contributed by atoms with E-state index in [1.165, 1.54) is 11.8 Å². The molecule has 6 heteroatoms. The number of para-hydroxylation sites is 1. The lowest BCUT2D eigenvalue weighted by Gasteiger charge is -2.19. The molecule has 0 bridgehead atoms. The highest BCUT2D eigenvalue weighted by Gasteiger charge is 2.19. The maximum Gasteiger partial charge on any atom is 0.313 e. The summed E-state index contributed by atoms with van der Waals surface area (Å²) in [6, 6.07) is 6.03. The van der Waals surface area contributed by atoms with E-state index >= 15 is 0 Å². The molecule has 4 nitrogen and oxygen atoms in total. The van der Waals surface area contributed by atoms with E-state index in [0.717, 1.165) is 35.5 Å². The Morgan fingerprint density at radius 3 is 2.86 bits per heavy atom. The van der Waals surface area contributed by atoms with Gasteiger partial charge in [-0.15, -0.1) is 0 Å². The smallest absolute Gasteiger partial charge is 0.313 e. The third-order valence-electron chi connectivity index (χ3n) is 3.42. The van der Waals surface area contributed by atoms with E-state index in [2.05, 4.69) is 23.4 Å². The molecule has 1 N–H and O–H groups in total. The molecular formula is C15H19ClN2O2S. The van der Waals surface area contributed by atoms with Crippen molar-refractivity contribution in [1.82, 2.24) is 9.55 Å². The summed E-state index contributed by atoms with van der Waals surface area (Å²) in [4.78, 5) is 15.4. The van der Waals surface area contributed by atoms with Crippen molar-refractivity contribution in [2.75, 3.05) is 5.75 Å². The molecule has 0 aliphatic rings. The number of fused-ring (bicyclic) bond motifs is 1. The second-order valence-corrected chi connectivity index (χ2v) is 6.25. The Bertz CT molecular complexity index is 642. The van der Waals surface area contributed by atoms with Gasteiger partial charge in [0.25, 0.3) is 0 Å². The molecule has 0 saturated carbocycles. The van der Waals surface area contributed by atoms with Crippen LogP contribution in [0.2, 0.25) is 5.02 Å². The average molecular weight is 327 g/mol. The molecule has 0 radical (unpaired) electrons. The van der Waals surface area contributed by atoms with Crippen molar-refractivity contribution in [3.8, 4) is 0 Å². The normalized spacial score (nSPS) is 12.7. The number of carbonyl (C=O) groups is 1. The van der Waals surface area contributed by atoms with Gasteiger partial charge in [0.2, 0.25) is 0 Å². The van der Waals surface area contributed by atoms with Gasteiger partial charge in [-0.3, -0.25) is 4.79 Å². The van der Waals surface area contributed by atoms with Crippen molar-refractivity contribution in [1.29, 1.82) is 0 Å². The highest BCUT2D eigenvalue weighted by Crippen LogP contribution is 2.34. The van der Waals surface area contributed by atoms with Crippen LogP contribution in [0.4, 0.5) is 0 Å². The minimum Gasteiger partial charge on any atom is -0.481 e. The molecule has 1 atom stereocenters. The molecule has 0 fully saturated rings. The second-order valence-electron chi connectivity index (χ2n) is 4.91. The molecule has 1 aromatic heterocycles. The summed E-state index contributed by atoms with van der Waals surface area (Å²) in [7, 11) is 0. The van der Waals surface area contributed by atoms with E-state index in [4.69, 9.17) is 16.7 Å². The second kappa shape index (κ2) is 7.18. The summed E-state index contributed by atoms with van der Waals surface area (Å²) in [6.07, 6.45) is 3.09. The summed E-state index contributed by atoms with van der Waals surface area (Å²) in [5, 5.41) is 10.3. The summed E-state index contributed by atoms with van der Waals surface area (Å²) in [5.41, 5.74) is 1.73. The molecule has 114 valence electrons. The molecule has 21 heavy (non-hydrogen) atoms. The van der Waals surface area contributed by atoms with Crippen LogP contribution in [-0.4, -0.2) is 26.4 Å². The highest BCUT2D eigenvalue weighted by atomic mass is 35.5. The molecular weight excluding hydrogens is 308 g/mol. The number of benzene rings is 1. The molecule has 0 spiro atoms. The van der Waals surface area contributed by atoms with Crippen LogP contribution in [0.15, 0.2) is 23.4 Å². The molecule has 1 aromatic carbocycles. The Hall–Kier alpha value is -1.20. The third-order valence-corrected chi connectivity index (χ3v) is 4.66. The first-order valence-corrected chi connectivity index (χ1v) is 8.45. The summed E-state index contributed by atoms with van der Waals surface area (Å²) < 4.78 is 2.15. The van der Waals surface area contributed by atoms with Gasteiger partial charge in [0.15, 0.2) is 5.16 Å². The number of carboxylic acid groups (broad SMARTS) is 1. The Balaban J connectivity index is 2.53. The maximum atomic E-state index is 10.8. The lowest BCUT2D eigenvalue weighted by atomic mass is 10.1. The van der Waals surface area contributed by atoms with Gasteiger partial charge in [0.1, 0.15) is 5.52 Å². The number of hydrogen-bond acceptors (Lipinski definition) is 3. The average Bonchev–Trinajstić information content (AvgIpc) is 2.82. The van der Waals surface area contributed by atoms with Gasteiger partial charge in [-0.05, 0) is 25.0 Å². The predicted octanol–water partition coefficient (Wildman–Crippen LogP) is 4.62. The maximum absolute atomic E-state index is 10.8. The van der Waals surface area contributed by atoms with E-state index in [-0.39, 0.29) is 5.75 Å². The number of carboxylic acids is 1. The first kappa shape index (κ1) is 16.2. The SMILES string of the molecule is CCCC(CC)n1c(SCC(=O)O)nc2c(Cl)cccc21. The zero-order chi connectivity index (χ0) is 15.4. The van der Waals surface area contributed by atoms with Gasteiger partial charge in [-0.2, -0.15) is 0 Å². The fourth-order valence-electron chi connectivity index (χ4n) is 2.49. The lowest BCUT2D eigenvalue weighted by Crippen LogP contribution is -2.10. The van der Waals surface area contributed by atoms with Crippen molar-refractivity contribution in [3.63, 3.8) is 0 Å². The molecule has 2 aromatic rings. The van der Waals surface area contributed by atoms with E-state index in [1.807, 2.05) is 18.2 Å². The Kier molecular flexibility index (Phi) is 5.53. The topological polar surface area (TPSA) is 55.1 Å². The minimum absolute atomic E-state index is 0.00347. The van der Waals surface area contributed by atoms with Crippen molar-refractivity contribution >= 4 is 40.4 Å². The van der Waals surface area contributed by atoms with Gasteiger partial charge in [-0.25, -0.2) is 4.98 Å². The predicted molar refractivity (Wildman–Crippen MR) is 87.3 cm³/mol. The molecule has 1 unspecified atom stereocenters. The number of aliphatic carboxylic acids is 1. The van der Waals surface area contributed by atoms with Crippen molar-refractivity contribution in [2.45, 2.75) is 44.3 Å². The van der Waals surface area contributed by atoms with Crippen molar-refractivity contribution < 1.29 is 9.90 Å². The monoisotopic (exact) mass is 326 g/mol. The molecule has 0 aliphatic carbocycles.